The summed E-state index contributed by atoms with van der Waals surface area (Å²) in [5.41, 5.74) is 2.36. The molecule has 2 aromatic carbocycles. The molecule has 4 heteroatoms. The second-order valence-corrected chi connectivity index (χ2v) is 5.34. The van der Waals surface area contributed by atoms with Crippen molar-refractivity contribution in [2.45, 2.75) is 5.92 Å². The number of allylic oxidation sites excluding steroid dienone is 1. The van der Waals surface area contributed by atoms with Gasteiger partial charge in [0.15, 0.2) is 0 Å². The summed E-state index contributed by atoms with van der Waals surface area (Å²) in [7, 11) is 0. The number of nitrogens with zero attached hydrogens (tertiary/aromatic N) is 1. The Morgan fingerprint density at radius 3 is 2.39 bits per heavy atom. The number of rotatable bonds is 2. The molecule has 0 fully saturated rings. The predicted octanol–water partition coefficient (Wildman–Crippen LogP) is 3.34. The van der Waals surface area contributed by atoms with Crippen molar-refractivity contribution >= 4 is 5.76 Å². The number of nitrogens with one attached hydrogen (secondary N) is 1. The molecule has 4 nitrogen and oxygen atoms in total. The number of aromatic nitrogens is 2. The highest BCUT2D eigenvalue weighted by atomic mass is 16.5. The SMILES string of the molecule is O=c1[nH]cnc2c1C(c1ccccc1)C=C(c1ccccc1)O2. The van der Waals surface area contributed by atoms with Crippen LogP contribution in [0.2, 0.25) is 0 Å². The molecule has 0 saturated carbocycles. The van der Waals surface area contributed by atoms with Crippen molar-refractivity contribution in [1.29, 1.82) is 0 Å². The van der Waals surface area contributed by atoms with Crippen LogP contribution in [0, 0.1) is 0 Å². The zero-order valence-electron chi connectivity index (χ0n) is 12.3. The molecule has 3 aromatic rings. The fraction of sp³-hybridized carbons (Fsp3) is 0.0526. The smallest absolute Gasteiger partial charge is 0.258 e. The minimum Gasteiger partial charge on any atom is -0.438 e. The average molecular weight is 302 g/mol. The third-order valence-electron chi connectivity index (χ3n) is 3.91. The Morgan fingerprint density at radius 2 is 1.65 bits per heavy atom. The Hall–Kier alpha value is -3.14. The molecule has 1 aromatic heterocycles. The van der Waals surface area contributed by atoms with Crippen LogP contribution < -0.4 is 10.3 Å². The van der Waals surface area contributed by atoms with Gasteiger partial charge in [-0.3, -0.25) is 4.79 Å². The largest absolute Gasteiger partial charge is 0.438 e. The Morgan fingerprint density at radius 1 is 0.957 bits per heavy atom. The highest BCUT2D eigenvalue weighted by Crippen LogP contribution is 2.37. The zero-order valence-corrected chi connectivity index (χ0v) is 12.3. The summed E-state index contributed by atoms with van der Waals surface area (Å²) in [6, 6.07) is 19.7. The quantitative estimate of drug-likeness (QED) is 0.790. The van der Waals surface area contributed by atoms with Gasteiger partial charge >= 0.3 is 0 Å². The maximum absolute atomic E-state index is 12.3. The molecule has 0 aliphatic carbocycles. The lowest BCUT2D eigenvalue weighted by atomic mass is 9.89. The molecular weight excluding hydrogens is 288 g/mol. The predicted molar refractivity (Wildman–Crippen MR) is 88.2 cm³/mol. The maximum atomic E-state index is 12.3. The van der Waals surface area contributed by atoms with Crippen LogP contribution in [-0.2, 0) is 0 Å². The number of H-pyrrole nitrogens is 1. The molecule has 23 heavy (non-hydrogen) atoms. The van der Waals surface area contributed by atoms with Crippen molar-refractivity contribution in [3.05, 3.63) is 100 Å². The Balaban J connectivity index is 1.91. The van der Waals surface area contributed by atoms with E-state index in [1.807, 2.05) is 66.7 Å². The van der Waals surface area contributed by atoms with Crippen molar-refractivity contribution in [2.75, 3.05) is 0 Å². The monoisotopic (exact) mass is 302 g/mol. The van der Waals surface area contributed by atoms with E-state index in [0.29, 0.717) is 17.2 Å². The maximum Gasteiger partial charge on any atom is 0.258 e. The standard InChI is InChI=1S/C19H14N2O2/c22-18-17-15(13-7-3-1-4-8-13)11-16(14-9-5-2-6-10-14)23-19(17)21-12-20-18/h1-12,15H,(H,20,21,22). The number of aromatic amines is 1. The fourth-order valence-corrected chi connectivity index (χ4v) is 2.80. The van der Waals surface area contributed by atoms with Crippen LogP contribution in [0.4, 0.5) is 0 Å². The Kier molecular flexibility index (Phi) is 3.27. The molecule has 112 valence electrons. The van der Waals surface area contributed by atoms with Gasteiger partial charge in [0.2, 0.25) is 5.88 Å². The van der Waals surface area contributed by atoms with E-state index in [-0.39, 0.29) is 11.5 Å². The van der Waals surface area contributed by atoms with E-state index < -0.39 is 0 Å². The van der Waals surface area contributed by atoms with Gasteiger partial charge in [-0.15, -0.1) is 0 Å². The van der Waals surface area contributed by atoms with E-state index in [4.69, 9.17) is 4.74 Å². The van der Waals surface area contributed by atoms with Gasteiger partial charge in [-0.2, -0.15) is 0 Å². The molecule has 1 unspecified atom stereocenters. The third kappa shape index (κ3) is 2.44. The first-order chi connectivity index (χ1) is 11.3. The summed E-state index contributed by atoms with van der Waals surface area (Å²) < 4.78 is 5.88. The summed E-state index contributed by atoms with van der Waals surface area (Å²) >= 11 is 0. The van der Waals surface area contributed by atoms with E-state index in [1.165, 1.54) is 6.33 Å². The normalized spacial score (nSPS) is 16.2. The van der Waals surface area contributed by atoms with Crippen molar-refractivity contribution in [3.8, 4) is 5.88 Å². The molecule has 0 radical (unpaired) electrons. The number of ether oxygens (including phenoxy) is 1. The van der Waals surface area contributed by atoms with Gasteiger partial charge in [-0.25, -0.2) is 4.98 Å². The van der Waals surface area contributed by atoms with Crippen LogP contribution in [0.25, 0.3) is 5.76 Å². The van der Waals surface area contributed by atoms with Crippen molar-refractivity contribution in [1.82, 2.24) is 9.97 Å². The molecule has 1 atom stereocenters. The molecule has 1 N–H and O–H groups in total. The molecule has 4 rings (SSSR count). The van der Waals surface area contributed by atoms with Crippen molar-refractivity contribution < 1.29 is 4.74 Å². The molecule has 1 aliphatic rings. The van der Waals surface area contributed by atoms with Gasteiger partial charge in [-0.1, -0.05) is 60.7 Å². The zero-order chi connectivity index (χ0) is 15.6. The highest BCUT2D eigenvalue weighted by Gasteiger charge is 2.27. The van der Waals surface area contributed by atoms with Crippen LogP contribution in [0.1, 0.15) is 22.6 Å². The van der Waals surface area contributed by atoms with Gasteiger partial charge in [0.05, 0.1) is 11.9 Å². The van der Waals surface area contributed by atoms with Crippen LogP contribution in [0.5, 0.6) is 5.88 Å². The number of fused-ring (bicyclic) bond motifs is 1. The van der Waals surface area contributed by atoms with E-state index in [0.717, 1.165) is 11.1 Å². The molecule has 2 heterocycles. The molecule has 0 spiro atoms. The second-order valence-electron chi connectivity index (χ2n) is 5.34. The Bertz CT molecular complexity index is 915. The summed E-state index contributed by atoms with van der Waals surface area (Å²) in [4.78, 5) is 19.1. The highest BCUT2D eigenvalue weighted by molar-refractivity contribution is 5.67. The van der Waals surface area contributed by atoms with Crippen molar-refractivity contribution in [2.24, 2.45) is 0 Å². The van der Waals surface area contributed by atoms with Gasteiger partial charge in [0.1, 0.15) is 5.76 Å². The molecule has 0 bridgehead atoms. The van der Waals surface area contributed by atoms with Gasteiger partial charge in [0, 0.05) is 11.5 Å². The first-order valence-electron chi connectivity index (χ1n) is 7.40. The van der Waals surface area contributed by atoms with E-state index in [2.05, 4.69) is 9.97 Å². The van der Waals surface area contributed by atoms with E-state index in [9.17, 15) is 4.79 Å². The van der Waals surface area contributed by atoms with Gasteiger partial charge in [0.25, 0.3) is 5.56 Å². The van der Waals surface area contributed by atoms with Crippen LogP contribution in [0.15, 0.2) is 77.9 Å². The average Bonchev–Trinajstić information content (AvgIpc) is 2.62. The van der Waals surface area contributed by atoms with Gasteiger partial charge in [-0.05, 0) is 11.6 Å². The van der Waals surface area contributed by atoms with Crippen molar-refractivity contribution in [3.63, 3.8) is 0 Å². The number of hydrogen-bond donors (Lipinski definition) is 1. The first kappa shape index (κ1) is 13.5. The fourth-order valence-electron chi connectivity index (χ4n) is 2.80. The number of hydrogen-bond acceptors (Lipinski definition) is 3. The Labute approximate surface area is 133 Å². The molecule has 0 amide bonds. The lowest BCUT2D eigenvalue weighted by Crippen LogP contribution is -2.22. The minimum atomic E-state index is -0.187. The summed E-state index contributed by atoms with van der Waals surface area (Å²) in [6.07, 6.45) is 3.35. The first-order valence-corrected chi connectivity index (χ1v) is 7.40. The van der Waals surface area contributed by atoms with Crippen LogP contribution in [0.3, 0.4) is 0 Å². The van der Waals surface area contributed by atoms with Crippen LogP contribution in [-0.4, -0.2) is 9.97 Å². The summed E-state index contributed by atoms with van der Waals surface area (Å²) in [5.74, 6) is 0.890. The minimum absolute atomic E-state index is 0.174. The lowest BCUT2D eigenvalue weighted by Gasteiger charge is -2.23. The van der Waals surface area contributed by atoms with Crippen LogP contribution >= 0.6 is 0 Å². The molecule has 0 saturated heterocycles. The summed E-state index contributed by atoms with van der Waals surface area (Å²) in [5, 5.41) is 0. The van der Waals surface area contributed by atoms with Gasteiger partial charge < -0.3 is 9.72 Å². The number of benzene rings is 2. The molecule has 1 aliphatic heterocycles. The molecular formula is C19H14N2O2. The third-order valence-corrected chi connectivity index (χ3v) is 3.91. The second kappa shape index (κ2) is 5.57. The lowest BCUT2D eigenvalue weighted by molar-refractivity contribution is 0.467. The topological polar surface area (TPSA) is 55.0 Å². The summed E-state index contributed by atoms with van der Waals surface area (Å²) in [6.45, 7) is 0. The van der Waals surface area contributed by atoms with E-state index >= 15 is 0 Å². The van der Waals surface area contributed by atoms with E-state index in [1.54, 1.807) is 0 Å².